The molecule has 0 saturated heterocycles. The van der Waals surface area contributed by atoms with E-state index in [2.05, 4.69) is 31.0 Å². The third-order valence-corrected chi connectivity index (χ3v) is 1.62. The van der Waals surface area contributed by atoms with Crippen LogP contribution in [0.15, 0.2) is 4.79 Å². The van der Waals surface area contributed by atoms with Gasteiger partial charge in [-0.05, 0) is 11.8 Å². The lowest BCUT2D eigenvalue weighted by atomic mass is 9.89. The summed E-state index contributed by atoms with van der Waals surface area (Å²) >= 11 is 0. The van der Waals surface area contributed by atoms with Gasteiger partial charge in [0.25, 0.3) is 5.56 Å². The molecule has 0 aliphatic rings. The summed E-state index contributed by atoms with van der Waals surface area (Å²) in [4.78, 5) is 11.2. The van der Waals surface area contributed by atoms with E-state index in [0.717, 1.165) is 0 Å². The van der Waals surface area contributed by atoms with E-state index >= 15 is 0 Å². The summed E-state index contributed by atoms with van der Waals surface area (Å²) in [5.74, 6) is 0.454. The van der Waals surface area contributed by atoms with Crippen molar-refractivity contribution in [3.05, 3.63) is 15.9 Å². The van der Waals surface area contributed by atoms with Crippen molar-refractivity contribution in [2.45, 2.75) is 27.2 Å². The summed E-state index contributed by atoms with van der Waals surface area (Å²) in [6.07, 6.45) is 0.692. The van der Waals surface area contributed by atoms with Gasteiger partial charge >= 0.3 is 0 Å². The fourth-order valence-electron chi connectivity index (χ4n) is 1.10. The highest BCUT2D eigenvalue weighted by atomic mass is 16.1. The standard InChI is InChI=1S/C8H15N3O/c1-8(2,3)4-5-6(9)10-11-7(5)12/h4H2,1-3H3,(H4,9,10,11,12). The maximum atomic E-state index is 11.2. The van der Waals surface area contributed by atoms with Crippen LogP contribution in [-0.2, 0) is 6.42 Å². The van der Waals surface area contributed by atoms with Crippen molar-refractivity contribution < 1.29 is 0 Å². The van der Waals surface area contributed by atoms with Gasteiger partial charge in [-0.1, -0.05) is 20.8 Å². The van der Waals surface area contributed by atoms with E-state index < -0.39 is 0 Å². The first kappa shape index (κ1) is 8.90. The van der Waals surface area contributed by atoms with Gasteiger partial charge < -0.3 is 5.73 Å². The number of H-pyrrole nitrogens is 2. The number of nitrogens with two attached hydrogens (primary N) is 1. The molecule has 1 aromatic rings. The van der Waals surface area contributed by atoms with Crippen molar-refractivity contribution >= 4 is 5.82 Å². The average Bonchev–Trinajstić information content (AvgIpc) is 2.16. The summed E-state index contributed by atoms with van der Waals surface area (Å²) in [5, 5.41) is 5.05. The molecule has 1 rings (SSSR count). The molecule has 0 saturated carbocycles. The van der Waals surface area contributed by atoms with E-state index in [1.165, 1.54) is 0 Å². The minimum Gasteiger partial charge on any atom is -0.384 e. The molecule has 1 heterocycles. The van der Waals surface area contributed by atoms with Gasteiger partial charge in [0.2, 0.25) is 0 Å². The van der Waals surface area contributed by atoms with Crippen molar-refractivity contribution in [3.63, 3.8) is 0 Å². The maximum Gasteiger partial charge on any atom is 0.269 e. The number of anilines is 1. The Kier molecular flexibility index (Phi) is 2.00. The molecule has 0 spiro atoms. The normalized spacial score (nSPS) is 11.9. The highest BCUT2D eigenvalue weighted by molar-refractivity contribution is 5.37. The van der Waals surface area contributed by atoms with Gasteiger partial charge in [0.15, 0.2) is 0 Å². The molecule has 68 valence electrons. The predicted octanol–water partition coefficient (Wildman–Crippen LogP) is 0.874. The number of hydrogen-bond donors (Lipinski definition) is 3. The second-order valence-electron chi connectivity index (χ2n) is 4.21. The molecule has 0 aliphatic carbocycles. The Bertz CT molecular complexity index is 316. The summed E-state index contributed by atoms with van der Waals surface area (Å²) < 4.78 is 0. The summed E-state index contributed by atoms with van der Waals surface area (Å²) in [5.41, 5.74) is 6.19. The molecule has 0 bridgehead atoms. The van der Waals surface area contributed by atoms with Crippen LogP contribution in [0.4, 0.5) is 5.82 Å². The molecule has 4 nitrogen and oxygen atoms in total. The number of aromatic nitrogens is 2. The molecular weight excluding hydrogens is 154 g/mol. The SMILES string of the molecule is CC(C)(C)Cc1c(N)[nH][nH]c1=O. The topological polar surface area (TPSA) is 74.7 Å². The van der Waals surface area contributed by atoms with E-state index in [-0.39, 0.29) is 11.0 Å². The number of rotatable bonds is 1. The number of hydrogen-bond acceptors (Lipinski definition) is 2. The minimum absolute atomic E-state index is 0.0866. The van der Waals surface area contributed by atoms with Gasteiger partial charge in [0.05, 0.1) is 5.56 Å². The first-order valence-corrected chi connectivity index (χ1v) is 3.95. The van der Waals surface area contributed by atoms with Gasteiger partial charge in [-0.25, -0.2) is 0 Å². The zero-order valence-corrected chi connectivity index (χ0v) is 7.69. The minimum atomic E-state index is -0.109. The number of nitrogen functional groups attached to an aromatic ring is 1. The summed E-state index contributed by atoms with van der Waals surface area (Å²) in [6.45, 7) is 6.20. The Morgan fingerprint density at radius 1 is 1.33 bits per heavy atom. The molecular formula is C8H15N3O. The van der Waals surface area contributed by atoms with Crippen molar-refractivity contribution in [2.75, 3.05) is 5.73 Å². The molecule has 0 unspecified atom stereocenters. The Balaban J connectivity index is 2.96. The zero-order chi connectivity index (χ0) is 9.35. The zero-order valence-electron chi connectivity index (χ0n) is 7.69. The molecule has 0 aromatic carbocycles. The number of aromatic amines is 2. The van der Waals surface area contributed by atoms with Gasteiger partial charge in [-0.2, -0.15) is 0 Å². The van der Waals surface area contributed by atoms with Crippen LogP contribution in [0.25, 0.3) is 0 Å². The van der Waals surface area contributed by atoms with Crippen molar-refractivity contribution in [1.82, 2.24) is 10.2 Å². The Labute approximate surface area is 71.2 Å². The van der Waals surface area contributed by atoms with Crippen LogP contribution >= 0.6 is 0 Å². The maximum absolute atomic E-state index is 11.2. The van der Waals surface area contributed by atoms with Gasteiger partial charge in [-0.15, -0.1) is 0 Å². The second kappa shape index (κ2) is 2.69. The third kappa shape index (κ3) is 1.90. The Hall–Kier alpha value is -1.19. The van der Waals surface area contributed by atoms with E-state index in [4.69, 9.17) is 5.73 Å². The van der Waals surface area contributed by atoms with Crippen LogP contribution < -0.4 is 11.3 Å². The molecule has 0 atom stereocenters. The van der Waals surface area contributed by atoms with Crippen molar-refractivity contribution in [3.8, 4) is 0 Å². The molecule has 4 heteroatoms. The largest absolute Gasteiger partial charge is 0.384 e. The molecule has 4 N–H and O–H groups in total. The Morgan fingerprint density at radius 3 is 2.25 bits per heavy atom. The highest BCUT2D eigenvalue weighted by Crippen LogP contribution is 2.20. The molecule has 0 fully saturated rings. The van der Waals surface area contributed by atoms with Crippen LogP contribution in [0.2, 0.25) is 0 Å². The van der Waals surface area contributed by atoms with Crippen molar-refractivity contribution in [1.29, 1.82) is 0 Å². The second-order valence-corrected chi connectivity index (χ2v) is 4.21. The molecule has 0 aliphatic heterocycles. The lowest BCUT2D eigenvalue weighted by Gasteiger charge is -2.16. The predicted molar refractivity (Wildman–Crippen MR) is 49.0 cm³/mol. The van der Waals surface area contributed by atoms with Gasteiger partial charge in [-0.3, -0.25) is 15.0 Å². The molecule has 1 aromatic heterocycles. The van der Waals surface area contributed by atoms with E-state index in [9.17, 15) is 4.79 Å². The van der Waals surface area contributed by atoms with Gasteiger partial charge in [0.1, 0.15) is 5.82 Å². The first-order chi connectivity index (χ1) is 5.40. The molecule has 12 heavy (non-hydrogen) atoms. The quantitative estimate of drug-likeness (QED) is 0.583. The van der Waals surface area contributed by atoms with E-state index in [0.29, 0.717) is 17.8 Å². The highest BCUT2D eigenvalue weighted by Gasteiger charge is 2.16. The monoisotopic (exact) mass is 169 g/mol. The van der Waals surface area contributed by atoms with Crippen LogP contribution in [0.1, 0.15) is 26.3 Å². The van der Waals surface area contributed by atoms with Gasteiger partial charge in [0, 0.05) is 0 Å². The first-order valence-electron chi connectivity index (χ1n) is 3.95. The smallest absolute Gasteiger partial charge is 0.269 e. The fraction of sp³-hybridized carbons (Fsp3) is 0.625. The van der Waals surface area contributed by atoms with E-state index in [1.807, 2.05) is 0 Å². The van der Waals surface area contributed by atoms with Crippen molar-refractivity contribution in [2.24, 2.45) is 5.41 Å². The average molecular weight is 169 g/mol. The van der Waals surface area contributed by atoms with Crippen LogP contribution in [0.5, 0.6) is 0 Å². The molecule has 0 amide bonds. The number of nitrogens with one attached hydrogen (secondary N) is 2. The third-order valence-electron chi connectivity index (χ3n) is 1.62. The molecule has 0 radical (unpaired) electrons. The summed E-state index contributed by atoms with van der Waals surface area (Å²) in [6, 6.07) is 0. The Morgan fingerprint density at radius 2 is 1.92 bits per heavy atom. The van der Waals surface area contributed by atoms with Crippen LogP contribution in [0, 0.1) is 5.41 Å². The fourth-order valence-corrected chi connectivity index (χ4v) is 1.10. The van der Waals surface area contributed by atoms with Crippen LogP contribution in [-0.4, -0.2) is 10.2 Å². The summed E-state index contributed by atoms with van der Waals surface area (Å²) in [7, 11) is 0. The lowest BCUT2D eigenvalue weighted by Crippen LogP contribution is -2.16. The lowest BCUT2D eigenvalue weighted by molar-refractivity contribution is 0.411. The van der Waals surface area contributed by atoms with E-state index in [1.54, 1.807) is 0 Å². The van der Waals surface area contributed by atoms with Crippen LogP contribution in [0.3, 0.4) is 0 Å².